The van der Waals surface area contributed by atoms with Crippen molar-refractivity contribution < 1.29 is 14.3 Å². The monoisotopic (exact) mass is 341 g/mol. The molecule has 1 fully saturated rings. The SMILES string of the molecule is COc1ccc(Br)c(C(=O)NC2CC(OC(C)C)C2)c1. The molecule has 1 aromatic rings. The topological polar surface area (TPSA) is 47.6 Å². The molecule has 0 spiro atoms. The van der Waals surface area contributed by atoms with Gasteiger partial charge in [0.1, 0.15) is 5.75 Å². The van der Waals surface area contributed by atoms with Crippen molar-refractivity contribution in [3.8, 4) is 5.75 Å². The fourth-order valence-electron chi connectivity index (χ4n) is 2.25. The van der Waals surface area contributed by atoms with Gasteiger partial charge in [-0.05, 0) is 60.8 Å². The highest BCUT2D eigenvalue weighted by molar-refractivity contribution is 9.10. The third kappa shape index (κ3) is 3.73. The van der Waals surface area contributed by atoms with Crippen LogP contribution in [0.15, 0.2) is 22.7 Å². The van der Waals surface area contributed by atoms with Crippen molar-refractivity contribution in [1.29, 1.82) is 0 Å². The quantitative estimate of drug-likeness (QED) is 0.894. The predicted molar refractivity (Wildman–Crippen MR) is 81.2 cm³/mol. The third-order valence-electron chi connectivity index (χ3n) is 3.31. The standard InChI is InChI=1S/C15H20BrNO3/c1-9(2)20-12-6-10(7-12)17-15(18)13-8-11(19-3)4-5-14(13)16/h4-5,8-10,12H,6-7H2,1-3H3,(H,17,18). The van der Waals surface area contributed by atoms with Gasteiger partial charge < -0.3 is 14.8 Å². The van der Waals surface area contributed by atoms with Gasteiger partial charge >= 0.3 is 0 Å². The Balaban J connectivity index is 1.90. The Morgan fingerprint density at radius 3 is 2.70 bits per heavy atom. The molecule has 0 saturated heterocycles. The fraction of sp³-hybridized carbons (Fsp3) is 0.533. The molecule has 1 amide bonds. The Hall–Kier alpha value is -1.07. The van der Waals surface area contributed by atoms with E-state index in [0.29, 0.717) is 11.3 Å². The van der Waals surface area contributed by atoms with Crippen LogP contribution in [0.25, 0.3) is 0 Å². The summed E-state index contributed by atoms with van der Waals surface area (Å²) in [5, 5.41) is 3.02. The summed E-state index contributed by atoms with van der Waals surface area (Å²) in [6, 6.07) is 5.57. The summed E-state index contributed by atoms with van der Waals surface area (Å²) in [5.41, 5.74) is 0.595. The number of hydrogen-bond donors (Lipinski definition) is 1. The summed E-state index contributed by atoms with van der Waals surface area (Å²) < 4.78 is 11.6. The van der Waals surface area contributed by atoms with E-state index >= 15 is 0 Å². The summed E-state index contributed by atoms with van der Waals surface area (Å²) >= 11 is 3.39. The van der Waals surface area contributed by atoms with E-state index in [1.165, 1.54) is 0 Å². The second-order valence-corrected chi connectivity index (χ2v) is 6.15. The van der Waals surface area contributed by atoms with Crippen LogP contribution in [-0.4, -0.2) is 31.3 Å². The summed E-state index contributed by atoms with van der Waals surface area (Å²) in [7, 11) is 1.59. The van der Waals surface area contributed by atoms with Crippen molar-refractivity contribution in [3.05, 3.63) is 28.2 Å². The second kappa shape index (κ2) is 6.59. The van der Waals surface area contributed by atoms with Crippen molar-refractivity contribution >= 4 is 21.8 Å². The van der Waals surface area contributed by atoms with E-state index in [9.17, 15) is 4.79 Å². The molecule has 0 radical (unpaired) electrons. The number of hydrogen-bond acceptors (Lipinski definition) is 3. The highest BCUT2D eigenvalue weighted by Crippen LogP contribution is 2.27. The zero-order valence-corrected chi connectivity index (χ0v) is 13.6. The zero-order valence-electron chi connectivity index (χ0n) is 12.0. The van der Waals surface area contributed by atoms with Gasteiger partial charge in [-0.1, -0.05) is 0 Å². The third-order valence-corrected chi connectivity index (χ3v) is 4.00. The minimum atomic E-state index is -0.0798. The van der Waals surface area contributed by atoms with E-state index in [2.05, 4.69) is 21.2 Å². The van der Waals surface area contributed by atoms with Crippen LogP contribution in [-0.2, 0) is 4.74 Å². The van der Waals surface area contributed by atoms with Crippen molar-refractivity contribution in [1.82, 2.24) is 5.32 Å². The number of methoxy groups -OCH3 is 1. The van der Waals surface area contributed by atoms with Crippen LogP contribution in [0.4, 0.5) is 0 Å². The summed E-state index contributed by atoms with van der Waals surface area (Å²) in [4.78, 5) is 12.2. The number of benzene rings is 1. The molecule has 1 N–H and O–H groups in total. The number of halogens is 1. The average molecular weight is 342 g/mol. The summed E-state index contributed by atoms with van der Waals surface area (Å²) in [6.45, 7) is 4.05. The van der Waals surface area contributed by atoms with E-state index in [0.717, 1.165) is 17.3 Å². The van der Waals surface area contributed by atoms with Crippen LogP contribution in [0.1, 0.15) is 37.0 Å². The first-order valence-electron chi connectivity index (χ1n) is 6.79. The van der Waals surface area contributed by atoms with Gasteiger partial charge in [0, 0.05) is 10.5 Å². The van der Waals surface area contributed by atoms with Gasteiger partial charge in [0.2, 0.25) is 0 Å². The minimum absolute atomic E-state index is 0.0798. The van der Waals surface area contributed by atoms with Crippen molar-refractivity contribution in [2.75, 3.05) is 7.11 Å². The molecule has 1 aromatic carbocycles. The Morgan fingerprint density at radius 2 is 2.10 bits per heavy atom. The number of ether oxygens (including phenoxy) is 2. The van der Waals surface area contributed by atoms with Gasteiger partial charge in [-0.3, -0.25) is 4.79 Å². The number of nitrogens with one attached hydrogen (secondary N) is 1. The lowest BCUT2D eigenvalue weighted by Gasteiger charge is -2.36. The normalized spacial score (nSPS) is 21.4. The molecule has 2 rings (SSSR count). The minimum Gasteiger partial charge on any atom is -0.497 e. The van der Waals surface area contributed by atoms with E-state index < -0.39 is 0 Å². The molecule has 0 heterocycles. The number of amides is 1. The zero-order chi connectivity index (χ0) is 14.7. The summed E-state index contributed by atoms with van der Waals surface area (Å²) in [6.07, 6.45) is 2.27. The first-order chi connectivity index (χ1) is 9.49. The maximum Gasteiger partial charge on any atom is 0.252 e. The maximum atomic E-state index is 12.2. The van der Waals surface area contributed by atoms with E-state index in [1.54, 1.807) is 13.2 Å². The van der Waals surface area contributed by atoms with Gasteiger partial charge in [-0.15, -0.1) is 0 Å². The van der Waals surface area contributed by atoms with Crippen LogP contribution in [0, 0.1) is 0 Å². The predicted octanol–water partition coefficient (Wildman–Crippen LogP) is 3.14. The lowest BCUT2D eigenvalue weighted by atomic mass is 9.89. The summed E-state index contributed by atoms with van der Waals surface area (Å²) in [5.74, 6) is 0.594. The molecule has 0 bridgehead atoms. The molecule has 5 heteroatoms. The van der Waals surface area contributed by atoms with Crippen molar-refractivity contribution in [2.24, 2.45) is 0 Å². The van der Waals surface area contributed by atoms with E-state index in [4.69, 9.17) is 9.47 Å². The molecule has 1 aliphatic rings. The average Bonchev–Trinajstić information content (AvgIpc) is 2.36. The van der Waals surface area contributed by atoms with Crippen molar-refractivity contribution in [2.45, 2.75) is 44.9 Å². The first kappa shape index (κ1) is 15.3. The largest absolute Gasteiger partial charge is 0.497 e. The number of carbonyl (C=O) groups excluding carboxylic acids is 1. The molecular weight excluding hydrogens is 322 g/mol. The van der Waals surface area contributed by atoms with Crippen LogP contribution in [0.5, 0.6) is 5.75 Å². The Morgan fingerprint density at radius 1 is 1.40 bits per heavy atom. The molecule has 110 valence electrons. The van der Waals surface area contributed by atoms with Crippen molar-refractivity contribution in [3.63, 3.8) is 0 Å². The van der Waals surface area contributed by atoms with Crippen LogP contribution in [0.3, 0.4) is 0 Å². The van der Waals surface area contributed by atoms with Gasteiger partial charge in [-0.25, -0.2) is 0 Å². The van der Waals surface area contributed by atoms with Crippen LogP contribution >= 0.6 is 15.9 Å². The van der Waals surface area contributed by atoms with Gasteiger partial charge in [0.05, 0.1) is 24.9 Å². The molecular formula is C15H20BrNO3. The maximum absolute atomic E-state index is 12.2. The van der Waals surface area contributed by atoms with Gasteiger partial charge in [0.25, 0.3) is 5.91 Å². The number of carbonyl (C=O) groups is 1. The lowest BCUT2D eigenvalue weighted by molar-refractivity contribution is -0.0482. The molecule has 0 aliphatic heterocycles. The fourth-order valence-corrected chi connectivity index (χ4v) is 2.67. The molecule has 20 heavy (non-hydrogen) atoms. The van der Waals surface area contributed by atoms with Crippen LogP contribution in [0.2, 0.25) is 0 Å². The van der Waals surface area contributed by atoms with E-state index in [-0.39, 0.29) is 24.2 Å². The van der Waals surface area contributed by atoms with E-state index in [1.807, 2.05) is 26.0 Å². The Kier molecular flexibility index (Phi) is 5.05. The molecule has 1 aliphatic carbocycles. The molecule has 4 nitrogen and oxygen atoms in total. The number of rotatable bonds is 5. The smallest absolute Gasteiger partial charge is 0.252 e. The van der Waals surface area contributed by atoms with Gasteiger partial charge in [-0.2, -0.15) is 0 Å². The molecule has 0 unspecified atom stereocenters. The first-order valence-corrected chi connectivity index (χ1v) is 7.58. The molecule has 0 aromatic heterocycles. The van der Waals surface area contributed by atoms with Crippen LogP contribution < -0.4 is 10.1 Å². The second-order valence-electron chi connectivity index (χ2n) is 5.29. The lowest BCUT2D eigenvalue weighted by Crippen LogP contribution is -2.48. The highest BCUT2D eigenvalue weighted by Gasteiger charge is 2.32. The Bertz CT molecular complexity index is 484. The molecule has 0 atom stereocenters. The highest BCUT2D eigenvalue weighted by atomic mass is 79.9. The van der Waals surface area contributed by atoms with Gasteiger partial charge in [0.15, 0.2) is 0 Å². The molecule has 1 saturated carbocycles. The Labute approximate surface area is 128 Å².